The highest BCUT2D eigenvalue weighted by molar-refractivity contribution is 6.99. The molecule has 6 rings (SSSR count). The van der Waals surface area contributed by atoms with E-state index in [4.69, 9.17) is 4.43 Å². The number of rotatable bonds is 8. The summed E-state index contributed by atoms with van der Waals surface area (Å²) in [6.45, 7) is 6.98. The Morgan fingerprint density at radius 1 is 0.949 bits per heavy atom. The average Bonchev–Trinajstić information content (AvgIpc) is 3.51. The number of carbonyl (C=O) groups is 1. The van der Waals surface area contributed by atoms with Crippen molar-refractivity contribution in [3.8, 4) is 0 Å². The van der Waals surface area contributed by atoms with Crippen LogP contribution in [0.5, 0.6) is 0 Å². The van der Waals surface area contributed by atoms with Crippen molar-refractivity contribution >= 4 is 24.5 Å². The van der Waals surface area contributed by atoms with Crippen LogP contribution in [0.25, 0.3) is 0 Å². The van der Waals surface area contributed by atoms with E-state index < -0.39 is 19.9 Å². The van der Waals surface area contributed by atoms with Crippen molar-refractivity contribution in [1.29, 1.82) is 0 Å². The molecule has 1 aliphatic carbocycles. The van der Waals surface area contributed by atoms with Crippen LogP contribution >= 0.6 is 0 Å². The van der Waals surface area contributed by atoms with Crippen molar-refractivity contribution in [2.75, 3.05) is 6.61 Å². The van der Waals surface area contributed by atoms with Gasteiger partial charge in [0.05, 0.1) is 11.5 Å². The summed E-state index contributed by atoms with van der Waals surface area (Å²) < 4.78 is 23.7. The van der Waals surface area contributed by atoms with Gasteiger partial charge in [-0.3, -0.25) is 4.79 Å². The Kier molecular flexibility index (Phi) is 6.39. The zero-order chi connectivity index (χ0) is 27.3. The topological polar surface area (TPSA) is 57.0 Å². The minimum Gasteiger partial charge on any atom is -0.406 e. The molecule has 2 atom stereocenters. The van der Waals surface area contributed by atoms with Gasteiger partial charge in [0.2, 0.25) is 11.6 Å². The van der Waals surface area contributed by atoms with Crippen LogP contribution in [0.4, 0.5) is 4.39 Å². The van der Waals surface area contributed by atoms with Gasteiger partial charge in [-0.05, 0) is 33.8 Å². The first-order valence-electron chi connectivity index (χ1n) is 13.7. The number of aromatic nitrogens is 3. The van der Waals surface area contributed by atoms with E-state index in [2.05, 4.69) is 79.4 Å². The number of nitrogens with zero attached hydrogens (tertiary/aromatic N) is 3. The number of carbonyl (C=O) groups excluding carboxylic acids is 1. The molecule has 0 bridgehead atoms. The Hall–Kier alpha value is -3.42. The number of hydrogen-bond acceptors (Lipinski definition) is 4. The molecule has 0 saturated heterocycles. The molecule has 0 amide bonds. The smallest absolute Gasteiger partial charge is 0.261 e. The third-order valence-electron chi connectivity index (χ3n) is 8.37. The van der Waals surface area contributed by atoms with Gasteiger partial charge in [0.25, 0.3) is 8.32 Å². The Bertz CT molecular complexity index is 1420. The standard InChI is InChI=1S/C32H34FN3O2Si/c1-31(2,3)39(24-15-9-5-10-16-24,25-17-11-6-12-18-25)38-22-32(19-20-32)28(37)29-34-30-26(33)21-27(36(30)35-29)23-13-7-4-8-14-23/h4-18,26-27H,19-22H2,1-3H3/t26-,27-/m0/s1. The van der Waals surface area contributed by atoms with E-state index in [0.717, 1.165) is 18.4 Å². The van der Waals surface area contributed by atoms with Gasteiger partial charge in [-0.15, -0.1) is 5.10 Å². The van der Waals surface area contributed by atoms with Gasteiger partial charge in [0.1, 0.15) is 0 Å². The van der Waals surface area contributed by atoms with Crippen LogP contribution in [0, 0.1) is 5.41 Å². The monoisotopic (exact) mass is 539 g/mol. The lowest BCUT2D eigenvalue weighted by molar-refractivity contribution is 0.0827. The lowest BCUT2D eigenvalue weighted by atomic mass is 10.0. The highest BCUT2D eigenvalue weighted by Crippen LogP contribution is 2.50. The zero-order valence-corrected chi connectivity index (χ0v) is 23.7. The highest BCUT2D eigenvalue weighted by atomic mass is 28.4. The Labute approximate surface area is 230 Å². The van der Waals surface area contributed by atoms with E-state index in [1.807, 2.05) is 42.5 Å². The maximum Gasteiger partial charge on any atom is 0.261 e. The fourth-order valence-electron chi connectivity index (χ4n) is 6.06. The van der Waals surface area contributed by atoms with Crippen LogP contribution in [-0.4, -0.2) is 35.5 Å². The SMILES string of the molecule is CC(C)(C)[Si](OCC1(C(=O)c2nc3n(n2)[C@H](c2ccccc2)C[C@@H]3F)CC1)(c1ccccc1)c1ccccc1. The maximum atomic E-state index is 15.0. The predicted molar refractivity (Wildman–Crippen MR) is 153 cm³/mol. The number of benzene rings is 3. The average molecular weight is 540 g/mol. The molecule has 1 aromatic heterocycles. The second kappa shape index (κ2) is 9.64. The molecule has 1 aliphatic heterocycles. The molecule has 2 heterocycles. The van der Waals surface area contributed by atoms with E-state index >= 15 is 0 Å². The summed E-state index contributed by atoms with van der Waals surface area (Å²) in [5.41, 5.74) is 0.294. The molecular weight excluding hydrogens is 505 g/mol. The van der Waals surface area contributed by atoms with Gasteiger partial charge in [-0.25, -0.2) is 14.1 Å². The first kappa shape index (κ1) is 25.8. The molecule has 0 spiro atoms. The van der Waals surface area contributed by atoms with Crippen molar-refractivity contribution in [1.82, 2.24) is 14.8 Å². The highest BCUT2D eigenvalue weighted by Gasteiger charge is 2.57. The van der Waals surface area contributed by atoms with Crippen molar-refractivity contribution < 1.29 is 13.6 Å². The molecular formula is C32H34FN3O2Si. The fourth-order valence-corrected chi connectivity index (χ4v) is 10.7. The van der Waals surface area contributed by atoms with Crippen molar-refractivity contribution in [3.05, 3.63) is 108 Å². The molecule has 4 aromatic rings. The van der Waals surface area contributed by atoms with E-state index in [1.54, 1.807) is 4.68 Å². The second-order valence-corrected chi connectivity index (χ2v) is 16.2. The normalized spacial score (nSPS) is 20.0. The lowest BCUT2D eigenvalue weighted by Gasteiger charge is -2.43. The molecule has 5 nitrogen and oxygen atoms in total. The summed E-state index contributed by atoms with van der Waals surface area (Å²) in [4.78, 5) is 18.3. The predicted octanol–water partition coefficient (Wildman–Crippen LogP) is 5.82. The summed E-state index contributed by atoms with van der Waals surface area (Å²) in [6.07, 6.45) is 0.479. The van der Waals surface area contributed by atoms with Crippen LogP contribution in [-0.2, 0) is 4.43 Å². The molecule has 1 fully saturated rings. The third kappa shape index (κ3) is 4.38. The molecule has 7 heteroatoms. The van der Waals surface area contributed by atoms with Gasteiger partial charge in [-0.2, -0.15) is 0 Å². The van der Waals surface area contributed by atoms with Crippen LogP contribution in [0.2, 0.25) is 5.04 Å². The Balaban J connectivity index is 1.32. The number of alkyl halides is 1. The summed E-state index contributed by atoms with van der Waals surface area (Å²) in [5, 5.41) is 6.75. The molecule has 3 aromatic carbocycles. The number of Topliss-reactive ketones (excluding diaryl/α,β-unsaturated/α-hetero) is 1. The van der Waals surface area contributed by atoms with Gasteiger partial charge in [0.15, 0.2) is 12.0 Å². The van der Waals surface area contributed by atoms with Gasteiger partial charge in [-0.1, -0.05) is 112 Å². The Morgan fingerprint density at radius 2 is 1.49 bits per heavy atom. The molecule has 0 N–H and O–H groups in total. The molecule has 1 saturated carbocycles. The minimum absolute atomic E-state index is 0.108. The molecule has 0 radical (unpaired) electrons. The summed E-state index contributed by atoms with van der Waals surface area (Å²) in [6, 6.07) is 30.4. The molecule has 2 aliphatic rings. The Morgan fingerprint density at radius 3 is 2.00 bits per heavy atom. The van der Waals surface area contributed by atoms with Crippen LogP contribution in [0.15, 0.2) is 91.0 Å². The van der Waals surface area contributed by atoms with Gasteiger partial charge >= 0.3 is 0 Å². The van der Waals surface area contributed by atoms with Crippen LogP contribution in [0.3, 0.4) is 0 Å². The zero-order valence-electron chi connectivity index (χ0n) is 22.7. The molecule has 200 valence electrons. The summed E-state index contributed by atoms with van der Waals surface area (Å²) in [5.74, 6) is 0.217. The van der Waals surface area contributed by atoms with E-state index in [1.165, 1.54) is 10.4 Å². The van der Waals surface area contributed by atoms with E-state index in [9.17, 15) is 9.18 Å². The summed E-state index contributed by atoms with van der Waals surface area (Å²) in [7, 11) is -2.79. The minimum atomic E-state index is -2.79. The number of ketones is 1. The quantitative estimate of drug-likeness (QED) is 0.209. The fraction of sp³-hybridized carbons (Fsp3) is 0.344. The van der Waals surface area contributed by atoms with E-state index in [-0.39, 0.29) is 34.9 Å². The number of hydrogen-bond donors (Lipinski definition) is 0. The van der Waals surface area contributed by atoms with Crippen molar-refractivity contribution in [2.24, 2.45) is 5.41 Å². The van der Waals surface area contributed by atoms with E-state index in [0.29, 0.717) is 6.61 Å². The van der Waals surface area contributed by atoms with Crippen LogP contribution in [0.1, 0.15) is 74.3 Å². The second-order valence-electron chi connectivity index (χ2n) is 11.9. The third-order valence-corrected chi connectivity index (χ3v) is 13.4. The number of halogens is 1. The largest absolute Gasteiger partial charge is 0.406 e. The molecule has 39 heavy (non-hydrogen) atoms. The first-order valence-corrected chi connectivity index (χ1v) is 15.6. The van der Waals surface area contributed by atoms with Crippen LogP contribution < -0.4 is 10.4 Å². The molecule has 0 unspecified atom stereocenters. The maximum absolute atomic E-state index is 15.0. The van der Waals surface area contributed by atoms with Gasteiger partial charge < -0.3 is 4.43 Å². The number of fused-ring (bicyclic) bond motifs is 1. The first-order chi connectivity index (χ1) is 18.8. The van der Waals surface area contributed by atoms with Crippen molar-refractivity contribution in [2.45, 2.75) is 57.3 Å². The van der Waals surface area contributed by atoms with Crippen molar-refractivity contribution in [3.63, 3.8) is 0 Å². The van der Waals surface area contributed by atoms with Gasteiger partial charge in [0, 0.05) is 13.0 Å². The lowest BCUT2D eigenvalue weighted by Crippen LogP contribution is -2.67. The summed E-state index contributed by atoms with van der Waals surface area (Å²) >= 11 is 0.